The van der Waals surface area contributed by atoms with Crippen LogP contribution in [0.4, 0.5) is 18.2 Å². The third-order valence-corrected chi connectivity index (χ3v) is 6.69. The average molecular weight is 520 g/mol. The van der Waals surface area contributed by atoms with E-state index >= 15 is 0 Å². The number of thiophene rings is 1. The zero-order valence-corrected chi connectivity index (χ0v) is 21.6. The molecule has 1 atom stereocenters. The highest BCUT2D eigenvalue weighted by molar-refractivity contribution is 7.97. The standard InChI is InChI=1S/C23H22F3N5S2.C2H6/c1-3-16(11-27)9-17-10-18(12-28)22(31(14-17)21-5-4-8-32-21)20-7-6-19(13-29-20)33-30-15(2)23(24,25)26;1-2/h4-9,11,13-15,27,30H,3,10H2,1-2H3;1-2H3/b16-9-,27-11?;. The van der Waals surface area contributed by atoms with Crippen LogP contribution in [0.5, 0.6) is 0 Å². The molecule has 35 heavy (non-hydrogen) atoms. The Morgan fingerprint density at radius 1 is 1.37 bits per heavy atom. The first-order valence-corrected chi connectivity index (χ1v) is 12.8. The van der Waals surface area contributed by atoms with Crippen LogP contribution in [0.3, 0.4) is 0 Å². The molecule has 1 aliphatic heterocycles. The van der Waals surface area contributed by atoms with Gasteiger partial charge in [0.15, 0.2) is 0 Å². The van der Waals surface area contributed by atoms with Gasteiger partial charge in [0.25, 0.3) is 0 Å². The molecule has 2 N–H and O–H groups in total. The number of alkyl halides is 3. The number of nitrogens with one attached hydrogen (secondary N) is 2. The van der Waals surface area contributed by atoms with Crippen LogP contribution in [-0.4, -0.2) is 23.4 Å². The van der Waals surface area contributed by atoms with E-state index in [1.165, 1.54) is 23.7 Å². The minimum atomic E-state index is -4.33. The van der Waals surface area contributed by atoms with Crippen molar-refractivity contribution >= 4 is 40.2 Å². The summed E-state index contributed by atoms with van der Waals surface area (Å²) in [5, 5.41) is 20.3. The summed E-state index contributed by atoms with van der Waals surface area (Å²) >= 11 is 2.38. The Balaban J connectivity index is 0.00000210. The summed E-state index contributed by atoms with van der Waals surface area (Å²) in [7, 11) is 0. The quantitative estimate of drug-likeness (QED) is 0.276. The van der Waals surface area contributed by atoms with Crippen LogP contribution < -0.4 is 9.62 Å². The molecule has 2 aromatic heterocycles. The molecule has 3 heterocycles. The van der Waals surface area contributed by atoms with E-state index in [0.717, 1.165) is 35.0 Å². The highest BCUT2D eigenvalue weighted by atomic mass is 32.2. The van der Waals surface area contributed by atoms with Gasteiger partial charge in [-0.1, -0.05) is 26.8 Å². The van der Waals surface area contributed by atoms with E-state index in [0.29, 0.717) is 34.7 Å². The number of hydrogen-bond acceptors (Lipinski definition) is 7. The first kappa shape index (κ1) is 28.4. The Morgan fingerprint density at radius 3 is 2.63 bits per heavy atom. The molecule has 10 heteroatoms. The molecule has 1 aliphatic rings. The lowest BCUT2D eigenvalue weighted by molar-refractivity contribution is -0.146. The molecule has 5 nitrogen and oxygen atoms in total. The summed E-state index contributed by atoms with van der Waals surface area (Å²) in [6.07, 6.45) is 3.44. The van der Waals surface area contributed by atoms with Crippen molar-refractivity contribution in [2.45, 2.75) is 57.7 Å². The second kappa shape index (κ2) is 13.3. The molecular weight excluding hydrogens is 491 g/mol. The van der Waals surface area contributed by atoms with Crippen molar-refractivity contribution in [1.82, 2.24) is 9.71 Å². The van der Waals surface area contributed by atoms with Crippen LogP contribution in [0.25, 0.3) is 5.70 Å². The summed E-state index contributed by atoms with van der Waals surface area (Å²) in [4.78, 5) is 6.89. The molecule has 0 aliphatic carbocycles. The van der Waals surface area contributed by atoms with E-state index in [9.17, 15) is 18.4 Å². The van der Waals surface area contributed by atoms with E-state index in [1.807, 2.05) is 55.5 Å². The zero-order chi connectivity index (χ0) is 26.0. The number of hydrogen-bond donors (Lipinski definition) is 2. The van der Waals surface area contributed by atoms with Crippen molar-refractivity contribution in [3.05, 3.63) is 70.5 Å². The van der Waals surface area contributed by atoms with Crippen molar-refractivity contribution in [2.75, 3.05) is 4.90 Å². The molecule has 0 saturated carbocycles. The normalized spacial score (nSPS) is 15.1. The first-order valence-electron chi connectivity index (χ1n) is 11.1. The van der Waals surface area contributed by atoms with Crippen molar-refractivity contribution in [2.24, 2.45) is 0 Å². The lowest BCUT2D eigenvalue weighted by Crippen LogP contribution is -2.35. The van der Waals surface area contributed by atoms with Crippen LogP contribution in [0.2, 0.25) is 0 Å². The van der Waals surface area contributed by atoms with Gasteiger partial charge in [0.05, 0.1) is 28.0 Å². The van der Waals surface area contributed by atoms with E-state index in [-0.39, 0.29) is 0 Å². The summed E-state index contributed by atoms with van der Waals surface area (Å²) in [5.74, 6) is 0. The Kier molecular flexibility index (Phi) is 10.8. The Morgan fingerprint density at radius 2 is 2.11 bits per heavy atom. The second-order valence-electron chi connectivity index (χ2n) is 7.22. The van der Waals surface area contributed by atoms with Gasteiger partial charge in [0.2, 0.25) is 0 Å². The highest BCUT2D eigenvalue weighted by Gasteiger charge is 2.35. The second-order valence-corrected chi connectivity index (χ2v) is 9.06. The molecule has 0 radical (unpaired) electrons. The topological polar surface area (TPSA) is 75.8 Å². The van der Waals surface area contributed by atoms with Crippen molar-refractivity contribution in [3.8, 4) is 6.07 Å². The van der Waals surface area contributed by atoms with Gasteiger partial charge < -0.3 is 10.3 Å². The number of anilines is 1. The predicted octanol–water partition coefficient (Wildman–Crippen LogP) is 7.73. The predicted molar refractivity (Wildman–Crippen MR) is 139 cm³/mol. The van der Waals surface area contributed by atoms with E-state index in [4.69, 9.17) is 5.41 Å². The molecule has 0 amide bonds. The number of pyridine rings is 1. The number of nitrogens with zero attached hydrogens (tertiary/aromatic N) is 3. The van der Waals surface area contributed by atoms with Gasteiger partial charge in [-0.2, -0.15) is 18.4 Å². The Labute approximate surface area is 212 Å². The third kappa shape index (κ3) is 7.56. The largest absolute Gasteiger partial charge is 0.404 e. The van der Waals surface area contributed by atoms with Crippen LogP contribution >= 0.6 is 23.3 Å². The SMILES string of the molecule is CC.CC/C(C=N)=C/C1=CN(c2cccs2)C(c2ccc(SNC(C)C(F)(F)F)cn2)=C(C#N)C1. The van der Waals surface area contributed by atoms with E-state index in [1.54, 1.807) is 12.1 Å². The number of halogens is 3. The van der Waals surface area contributed by atoms with Crippen LogP contribution in [0.1, 0.15) is 46.2 Å². The highest BCUT2D eigenvalue weighted by Crippen LogP contribution is 2.38. The molecule has 2 aromatic rings. The Bertz CT molecular complexity index is 1110. The minimum absolute atomic E-state index is 0.397. The van der Waals surface area contributed by atoms with E-state index < -0.39 is 12.2 Å². The average Bonchev–Trinajstić information content (AvgIpc) is 3.41. The maximum Gasteiger partial charge on any atom is 0.404 e. The molecule has 0 saturated heterocycles. The number of aromatic nitrogens is 1. The van der Waals surface area contributed by atoms with Gasteiger partial charge >= 0.3 is 6.18 Å². The minimum Gasteiger partial charge on any atom is -0.308 e. The molecule has 3 rings (SSSR count). The molecule has 0 bridgehead atoms. The molecule has 186 valence electrons. The van der Waals surface area contributed by atoms with Crippen molar-refractivity contribution in [1.29, 1.82) is 10.7 Å². The summed E-state index contributed by atoms with van der Waals surface area (Å²) < 4.78 is 40.5. The number of nitriles is 1. The van der Waals surface area contributed by atoms with Crippen LogP contribution in [0.15, 0.2) is 69.7 Å². The molecular formula is C25H28F3N5S2. The zero-order valence-electron chi connectivity index (χ0n) is 20.0. The maximum absolute atomic E-state index is 12.7. The van der Waals surface area contributed by atoms with Gasteiger partial charge in [0, 0.05) is 29.9 Å². The fraction of sp³-hybridized carbons (Fsp3) is 0.320. The Hall–Kier alpha value is -2.87. The molecule has 0 spiro atoms. The maximum atomic E-state index is 12.7. The van der Waals surface area contributed by atoms with Crippen molar-refractivity contribution < 1.29 is 13.2 Å². The smallest absolute Gasteiger partial charge is 0.308 e. The summed E-state index contributed by atoms with van der Waals surface area (Å²) in [6, 6.07) is 7.87. The fourth-order valence-electron chi connectivity index (χ4n) is 3.04. The summed E-state index contributed by atoms with van der Waals surface area (Å²) in [5.41, 5.74) is 3.47. The first-order chi connectivity index (χ1) is 16.8. The fourth-order valence-corrected chi connectivity index (χ4v) is 4.44. The number of rotatable bonds is 8. The lowest BCUT2D eigenvalue weighted by atomic mass is 9.97. The van der Waals surface area contributed by atoms with Gasteiger partial charge in [0.1, 0.15) is 6.04 Å². The monoisotopic (exact) mass is 519 g/mol. The lowest BCUT2D eigenvalue weighted by Gasteiger charge is -2.28. The molecule has 0 aromatic carbocycles. The van der Waals surface area contributed by atoms with Crippen LogP contribution in [0, 0.1) is 16.7 Å². The number of allylic oxidation sites excluding steroid dienone is 4. The van der Waals surface area contributed by atoms with Crippen molar-refractivity contribution in [3.63, 3.8) is 0 Å². The molecule has 0 fully saturated rings. The molecule has 1 unspecified atom stereocenters. The van der Waals surface area contributed by atoms with E-state index in [2.05, 4.69) is 15.8 Å². The summed E-state index contributed by atoms with van der Waals surface area (Å²) in [6.45, 7) is 7.03. The van der Waals surface area contributed by atoms with Crippen LogP contribution in [-0.2, 0) is 0 Å². The third-order valence-electron chi connectivity index (χ3n) is 4.87. The van der Waals surface area contributed by atoms with Gasteiger partial charge in [-0.25, -0.2) is 4.72 Å². The van der Waals surface area contributed by atoms with Gasteiger partial charge in [-0.15, -0.1) is 11.3 Å². The van der Waals surface area contributed by atoms with Gasteiger partial charge in [-0.05, 0) is 66.1 Å². The van der Waals surface area contributed by atoms with Gasteiger partial charge in [-0.3, -0.25) is 4.98 Å².